The second-order valence-electron chi connectivity index (χ2n) is 5.19. The van der Waals surface area contributed by atoms with Gasteiger partial charge in [0.1, 0.15) is 11.6 Å². The van der Waals surface area contributed by atoms with Crippen LogP contribution in [-0.2, 0) is 13.1 Å². The molecule has 0 aliphatic heterocycles. The minimum Gasteiger partial charge on any atom is -0.398 e. The fourth-order valence-electron chi connectivity index (χ4n) is 2.41. The summed E-state index contributed by atoms with van der Waals surface area (Å²) in [6.07, 6.45) is 0.963. The van der Waals surface area contributed by atoms with Gasteiger partial charge in [0.15, 0.2) is 0 Å². The van der Waals surface area contributed by atoms with E-state index in [9.17, 15) is 8.78 Å². The van der Waals surface area contributed by atoms with Crippen molar-refractivity contribution in [1.29, 1.82) is 0 Å². The Morgan fingerprint density at radius 2 is 1.67 bits per heavy atom. The lowest BCUT2D eigenvalue weighted by Gasteiger charge is -2.22. The number of nitrogens with two attached hydrogens (primary N) is 1. The van der Waals surface area contributed by atoms with E-state index < -0.39 is 11.6 Å². The minimum atomic E-state index is -0.541. The highest BCUT2D eigenvalue weighted by atomic mass is 19.1. The Morgan fingerprint density at radius 1 is 1.00 bits per heavy atom. The second kappa shape index (κ2) is 7.18. The van der Waals surface area contributed by atoms with E-state index in [1.807, 2.05) is 24.3 Å². The van der Waals surface area contributed by atoms with E-state index >= 15 is 0 Å². The van der Waals surface area contributed by atoms with Crippen LogP contribution in [0.3, 0.4) is 0 Å². The zero-order chi connectivity index (χ0) is 15.2. The van der Waals surface area contributed by atoms with Gasteiger partial charge in [-0.3, -0.25) is 4.90 Å². The third-order valence-electron chi connectivity index (χ3n) is 3.32. The Morgan fingerprint density at radius 3 is 2.29 bits per heavy atom. The van der Waals surface area contributed by atoms with E-state index in [1.54, 1.807) is 0 Å². The number of anilines is 1. The molecule has 0 bridgehead atoms. The molecule has 0 aliphatic rings. The molecule has 112 valence electrons. The summed E-state index contributed by atoms with van der Waals surface area (Å²) in [4.78, 5) is 2.14. The summed E-state index contributed by atoms with van der Waals surface area (Å²) < 4.78 is 26.6. The molecule has 0 radical (unpaired) electrons. The summed E-state index contributed by atoms with van der Waals surface area (Å²) >= 11 is 0. The molecular weight excluding hydrogens is 270 g/mol. The maximum Gasteiger partial charge on any atom is 0.126 e. The molecular formula is C17H20F2N2. The molecule has 0 saturated carbocycles. The van der Waals surface area contributed by atoms with E-state index in [-0.39, 0.29) is 0 Å². The van der Waals surface area contributed by atoms with Crippen LogP contribution in [0.2, 0.25) is 0 Å². The Balaban J connectivity index is 2.13. The van der Waals surface area contributed by atoms with Crippen LogP contribution in [0.25, 0.3) is 0 Å². The Hall–Kier alpha value is -1.94. The van der Waals surface area contributed by atoms with Crippen LogP contribution in [0, 0.1) is 11.6 Å². The molecule has 0 aromatic heterocycles. The number of nitrogens with zero attached hydrogens (tertiary/aromatic N) is 1. The number of para-hydroxylation sites is 1. The first-order chi connectivity index (χ1) is 10.1. The van der Waals surface area contributed by atoms with Gasteiger partial charge in [0, 0.05) is 24.8 Å². The predicted molar refractivity (Wildman–Crippen MR) is 81.6 cm³/mol. The van der Waals surface area contributed by atoms with Crippen molar-refractivity contribution in [2.24, 2.45) is 0 Å². The van der Waals surface area contributed by atoms with Crippen LogP contribution in [0.5, 0.6) is 0 Å². The molecule has 21 heavy (non-hydrogen) atoms. The molecule has 2 aromatic carbocycles. The largest absolute Gasteiger partial charge is 0.398 e. The molecule has 0 unspecified atom stereocenters. The summed E-state index contributed by atoms with van der Waals surface area (Å²) in [6, 6.07) is 11.3. The van der Waals surface area contributed by atoms with Crippen molar-refractivity contribution in [2.75, 3.05) is 12.3 Å². The maximum atomic E-state index is 13.3. The van der Waals surface area contributed by atoms with Crippen molar-refractivity contribution in [3.63, 3.8) is 0 Å². The third kappa shape index (κ3) is 4.53. The van der Waals surface area contributed by atoms with Crippen LogP contribution in [0.4, 0.5) is 14.5 Å². The predicted octanol–water partition coefficient (Wildman–Crippen LogP) is 3.96. The van der Waals surface area contributed by atoms with Crippen molar-refractivity contribution in [3.8, 4) is 0 Å². The van der Waals surface area contributed by atoms with E-state index in [0.29, 0.717) is 18.7 Å². The Kier molecular flexibility index (Phi) is 5.28. The first kappa shape index (κ1) is 15.4. The van der Waals surface area contributed by atoms with Crippen molar-refractivity contribution in [3.05, 3.63) is 65.2 Å². The summed E-state index contributed by atoms with van der Waals surface area (Å²) in [5, 5.41) is 0. The Labute approximate surface area is 124 Å². The molecule has 2 nitrogen and oxygen atoms in total. The van der Waals surface area contributed by atoms with Gasteiger partial charge in [-0.1, -0.05) is 25.1 Å². The smallest absolute Gasteiger partial charge is 0.126 e. The van der Waals surface area contributed by atoms with E-state index in [0.717, 1.165) is 30.3 Å². The molecule has 2 N–H and O–H groups in total. The third-order valence-corrected chi connectivity index (χ3v) is 3.32. The SMILES string of the molecule is CCCN(Cc1cc(F)cc(F)c1)Cc1ccccc1N. The molecule has 0 saturated heterocycles. The van der Waals surface area contributed by atoms with Crippen LogP contribution in [0.15, 0.2) is 42.5 Å². The standard InChI is InChI=1S/C17H20F2N2/c1-2-7-21(12-14-5-3-4-6-17(14)20)11-13-8-15(18)10-16(19)9-13/h3-6,8-10H,2,7,11-12,20H2,1H3. The Bertz CT molecular complexity index is 579. The van der Waals surface area contributed by atoms with Crippen molar-refractivity contribution in [1.82, 2.24) is 4.90 Å². The molecule has 0 amide bonds. The molecule has 0 atom stereocenters. The van der Waals surface area contributed by atoms with Crippen molar-refractivity contribution >= 4 is 5.69 Å². The highest BCUT2D eigenvalue weighted by molar-refractivity contribution is 5.46. The van der Waals surface area contributed by atoms with Gasteiger partial charge < -0.3 is 5.73 Å². The minimum absolute atomic E-state index is 0.497. The summed E-state index contributed by atoms with van der Waals surface area (Å²) in [7, 11) is 0. The van der Waals surface area contributed by atoms with Gasteiger partial charge in [-0.25, -0.2) is 8.78 Å². The summed E-state index contributed by atoms with van der Waals surface area (Å²) in [6.45, 7) is 4.08. The highest BCUT2D eigenvalue weighted by Crippen LogP contribution is 2.17. The fraction of sp³-hybridized carbons (Fsp3) is 0.294. The highest BCUT2D eigenvalue weighted by Gasteiger charge is 2.10. The number of hydrogen-bond donors (Lipinski definition) is 1. The summed E-state index contributed by atoms with van der Waals surface area (Å²) in [5.41, 5.74) is 8.36. The lowest BCUT2D eigenvalue weighted by atomic mass is 10.1. The number of benzene rings is 2. The van der Waals surface area contributed by atoms with Crippen LogP contribution >= 0.6 is 0 Å². The van der Waals surface area contributed by atoms with Crippen LogP contribution < -0.4 is 5.73 Å². The monoisotopic (exact) mass is 290 g/mol. The number of nitrogen functional groups attached to an aromatic ring is 1. The normalized spacial score (nSPS) is 11.0. The quantitative estimate of drug-likeness (QED) is 0.816. The first-order valence-electron chi connectivity index (χ1n) is 7.09. The van der Waals surface area contributed by atoms with E-state index in [1.165, 1.54) is 12.1 Å². The zero-order valence-electron chi connectivity index (χ0n) is 12.2. The van der Waals surface area contributed by atoms with Crippen LogP contribution in [0.1, 0.15) is 24.5 Å². The lowest BCUT2D eigenvalue weighted by molar-refractivity contribution is 0.257. The topological polar surface area (TPSA) is 29.3 Å². The number of halogens is 2. The lowest BCUT2D eigenvalue weighted by Crippen LogP contribution is -2.24. The maximum absolute atomic E-state index is 13.3. The van der Waals surface area contributed by atoms with Crippen LogP contribution in [-0.4, -0.2) is 11.4 Å². The van der Waals surface area contributed by atoms with Gasteiger partial charge in [-0.15, -0.1) is 0 Å². The molecule has 2 rings (SSSR count). The molecule has 0 fully saturated rings. The molecule has 0 heterocycles. The van der Waals surface area contributed by atoms with Gasteiger partial charge in [0.05, 0.1) is 0 Å². The van der Waals surface area contributed by atoms with Crippen molar-refractivity contribution in [2.45, 2.75) is 26.4 Å². The zero-order valence-corrected chi connectivity index (χ0v) is 12.2. The van der Waals surface area contributed by atoms with Gasteiger partial charge in [-0.05, 0) is 42.3 Å². The first-order valence-corrected chi connectivity index (χ1v) is 7.09. The summed E-state index contributed by atoms with van der Waals surface area (Å²) in [5.74, 6) is -1.08. The molecule has 0 aliphatic carbocycles. The number of rotatable bonds is 6. The van der Waals surface area contributed by atoms with Gasteiger partial charge in [0.2, 0.25) is 0 Å². The molecule has 2 aromatic rings. The van der Waals surface area contributed by atoms with E-state index in [2.05, 4.69) is 11.8 Å². The molecule has 0 spiro atoms. The fourth-order valence-corrected chi connectivity index (χ4v) is 2.41. The van der Waals surface area contributed by atoms with Gasteiger partial charge in [0.25, 0.3) is 0 Å². The van der Waals surface area contributed by atoms with E-state index in [4.69, 9.17) is 5.73 Å². The molecule has 4 heteroatoms. The van der Waals surface area contributed by atoms with Gasteiger partial charge in [-0.2, -0.15) is 0 Å². The second-order valence-corrected chi connectivity index (χ2v) is 5.19. The van der Waals surface area contributed by atoms with Gasteiger partial charge >= 0.3 is 0 Å². The van der Waals surface area contributed by atoms with Crippen molar-refractivity contribution < 1.29 is 8.78 Å². The average Bonchev–Trinajstić information content (AvgIpc) is 2.40. The number of hydrogen-bond acceptors (Lipinski definition) is 2. The average molecular weight is 290 g/mol.